The van der Waals surface area contributed by atoms with E-state index in [9.17, 15) is 4.39 Å². The van der Waals surface area contributed by atoms with Gasteiger partial charge in [0, 0.05) is 17.3 Å². The van der Waals surface area contributed by atoms with Gasteiger partial charge in [0.05, 0.1) is 7.11 Å². The molecule has 1 aromatic heterocycles. The Balaban J connectivity index is 1.89. The molecular weight excluding hydrogens is 295 g/mol. The minimum atomic E-state index is -0.311. The lowest BCUT2D eigenvalue weighted by atomic mass is 10.2. The number of hydrogen-bond donors (Lipinski definition) is 2. The normalized spacial score (nSPS) is 10.3. The van der Waals surface area contributed by atoms with E-state index in [-0.39, 0.29) is 5.82 Å². The van der Waals surface area contributed by atoms with Crippen LogP contribution >= 0.6 is 0 Å². The number of anilines is 3. The number of nitrogens with zero attached hydrogens (tertiary/aromatic N) is 2. The first-order chi connectivity index (χ1) is 11.1. The van der Waals surface area contributed by atoms with Crippen LogP contribution in [0.2, 0.25) is 0 Å². The monoisotopic (exact) mass is 310 g/mol. The zero-order valence-electron chi connectivity index (χ0n) is 12.5. The van der Waals surface area contributed by atoms with Gasteiger partial charge in [-0.15, -0.1) is 0 Å². The zero-order chi connectivity index (χ0) is 16.2. The Labute approximate surface area is 133 Å². The summed E-state index contributed by atoms with van der Waals surface area (Å²) in [6.45, 7) is 0. The van der Waals surface area contributed by atoms with Crippen molar-refractivity contribution in [3.63, 3.8) is 0 Å². The second-order valence-corrected chi connectivity index (χ2v) is 4.86. The van der Waals surface area contributed by atoms with E-state index in [0.29, 0.717) is 23.0 Å². The van der Waals surface area contributed by atoms with Crippen molar-refractivity contribution < 1.29 is 9.13 Å². The maximum Gasteiger partial charge on any atom is 0.163 e. The summed E-state index contributed by atoms with van der Waals surface area (Å²) in [7, 11) is 1.61. The molecule has 0 unspecified atom stereocenters. The van der Waals surface area contributed by atoms with Crippen LogP contribution in [0.15, 0.2) is 54.6 Å². The Morgan fingerprint density at radius 2 is 1.70 bits per heavy atom. The summed E-state index contributed by atoms with van der Waals surface area (Å²) < 4.78 is 18.1. The van der Waals surface area contributed by atoms with Crippen molar-refractivity contribution in [1.29, 1.82) is 0 Å². The van der Waals surface area contributed by atoms with Gasteiger partial charge in [-0.05, 0) is 48.5 Å². The van der Waals surface area contributed by atoms with Crippen LogP contribution < -0.4 is 15.8 Å². The van der Waals surface area contributed by atoms with E-state index in [4.69, 9.17) is 10.5 Å². The maximum atomic E-state index is 13.0. The molecule has 1 heterocycles. The Morgan fingerprint density at radius 3 is 2.35 bits per heavy atom. The molecule has 2 aromatic carbocycles. The quantitative estimate of drug-likeness (QED) is 0.770. The van der Waals surface area contributed by atoms with E-state index in [1.807, 2.05) is 24.3 Å². The van der Waals surface area contributed by atoms with Gasteiger partial charge in [0.1, 0.15) is 23.2 Å². The number of nitrogen functional groups attached to an aromatic ring is 1. The van der Waals surface area contributed by atoms with Gasteiger partial charge < -0.3 is 15.8 Å². The lowest BCUT2D eigenvalue weighted by Gasteiger charge is -2.09. The van der Waals surface area contributed by atoms with Gasteiger partial charge in [0.2, 0.25) is 0 Å². The predicted molar refractivity (Wildman–Crippen MR) is 88.1 cm³/mol. The number of aromatic nitrogens is 2. The molecule has 0 saturated carbocycles. The Bertz CT molecular complexity index is 804. The Hall–Kier alpha value is -3.15. The topological polar surface area (TPSA) is 73.1 Å². The average molecular weight is 310 g/mol. The fourth-order valence-electron chi connectivity index (χ4n) is 2.08. The van der Waals surface area contributed by atoms with E-state index in [2.05, 4.69) is 15.3 Å². The molecule has 0 amide bonds. The van der Waals surface area contributed by atoms with Crippen LogP contribution in [0.4, 0.5) is 21.7 Å². The summed E-state index contributed by atoms with van der Waals surface area (Å²) >= 11 is 0. The molecule has 0 aliphatic rings. The summed E-state index contributed by atoms with van der Waals surface area (Å²) in [5, 5.41) is 3.16. The van der Waals surface area contributed by atoms with Crippen molar-refractivity contribution in [1.82, 2.24) is 9.97 Å². The van der Waals surface area contributed by atoms with E-state index >= 15 is 0 Å². The molecule has 6 heteroatoms. The van der Waals surface area contributed by atoms with E-state index in [1.54, 1.807) is 25.3 Å². The van der Waals surface area contributed by atoms with Crippen molar-refractivity contribution in [3.05, 3.63) is 60.4 Å². The lowest BCUT2D eigenvalue weighted by molar-refractivity contribution is 0.415. The van der Waals surface area contributed by atoms with Gasteiger partial charge in [-0.2, -0.15) is 0 Å². The van der Waals surface area contributed by atoms with Gasteiger partial charge in [0.15, 0.2) is 5.82 Å². The second-order valence-electron chi connectivity index (χ2n) is 4.86. The summed E-state index contributed by atoms with van der Waals surface area (Å²) in [6, 6.07) is 15.0. The average Bonchev–Trinajstić information content (AvgIpc) is 2.56. The van der Waals surface area contributed by atoms with Crippen LogP contribution in [0.5, 0.6) is 5.75 Å². The third-order valence-electron chi connectivity index (χ3n) is 3.21. The number of nitrogens with two attached hydrogens (primary N) is 1. The first-order valence-electron chi connectivity index (χ1n) is 6.95. The van der Waals surface area contributed by atoms with Crippen LogP contribution in [0.1, 0.15) is 0 Å². The molecule has 0 spiro atoms. The molecule has 116 valence electrons. The van der Waals surface area contributed by atoms with Crippen LogP contribution in [0.25, 0.3) is 11.4 Å². The molecule has 23 heavy (non-hydrogen) atoms. The highest BCUT2D eigenvalue weighted by Gasteiger charge is 2.06. The SMILES string of the molecule is COc1ccc(Nc2cc(N)nc(-c3ccc(F)cc3)n2)cc1. The molecule has 0 fully saturated rings. The zero-order valence-corrected chi connectivity index (χ0v) is 12.5. The highest BCUT2D eigenvalue weighted by atomic mass is 19.1. The molecule has 3 N–H and O–H groups in total. The predicted octanol–water partition coefficient (Wildman–Crippen LogP) is 3.62. The van der Waals surface area contributed by atoms with Gasteiger partial charge >= 0.3 is 0 Å². The van der Waals surface area contributed by atoms with Crippen molar-refractivity contribution in [2.75, 3.05) is 18.2 Å². The second kappa shape index (κ2) is 6.31. The minimum Gasteiger partial charge on any atom is -0.497 e. The Kier molecular flexibility index (Phi) is 4.05. The number of halogens is 1. The number of hydrogen-bond acceptors (Lipinski definition) is 5. The highest BCUT2D eigenvalue weighted by molar-refractivity contribution is 5.64. The summed E-state index contributed by atoms with van der Waals surface area (Å²) in [5.41, 5.74) is 7.37. The van der Waals surface area contributed by atoms with Gasteiger partial charge in [0.25, 0.3) is 0 Å². The molecule has 0 saturated heterocycles. The molecule has 0 radical (unpaired) electrons. The fourth-order valence-corrected chi connectivity index (χ4v) is 2.08. The van der Waals surface area contributed by atoms with Crippen LogP contribution in [0.3, 0.4) is 0 Å². The number of rotatable bonds is 4. The molecule has 0 atom stereocenters. The maximum absolute atomic E-state index is 13.0. The molecule has 3 rings (SSSR count). The van der Waals surface area contributed by atoms with Gasteiger partial charge in [-0.25, -0.2) is 14.4 Å². The largest absolute Gasteiger partial charge is 0.497 e. The van der Waals surface area contributed by atoms with Crippen LogP contribution in [-0.2, 0) is 0 Å². The van der Waals surface area contributed by atoms with Gasteiger partial charge in [-0.1, -0.05) is 0 Å². The summed E-state index contributed by atoms with van der Waals surface area (Å²) in [6.07, 6.45) is 0. The van der Waals surface area contributed by atoms with Crippen LogP contribution in [-0.4, -0.2) is 17.1 Å². The number of ether oxygens (including phenoxy) is 1. The van der Waals surface area contributed by atoms with E-state index < -0.39 is 0 Å². The first kappa shape index (κ1) is 14.8. The number of nitrogens with one attached hydrogen (secondary N) is 1. The van der Waals surface area contributed by atoms with E-state index in [1.165, 1.54) is 12.1 Å². The molecule has 3 aromatic rings. The number of benzene rings is 2. The third kappa shape index (κ3) is 3.55. The molecule has 0 aliphatic heterocycles. The Morgan fingerprint density at radius 1 is 1.00 bits per heavy atom. The van der Waals surface area contributed by atoms with Crippen molar-refractivity contribution in [2.24, 2.45) is 0 Å². The van der Waals surface area contributed by atoms with Crippen LogP contribution in [0, 0.1) is 5.82 Å². The smallest absolute Gasteiger partial charge is 0.163 e. The minimum absolute atomic E-state index is 0.311. The molecular formula is C17H15FN4O. The fraction of sp³-hybridized carbons (Fsp3) is 0.0588. The standard InChI is InChI=1S/C17H15FN4O/c1-23-14-8-6-13(7-9-14)20-16-10-15(19)21-17(22-16)11-2-4-12(18)5-3-11/h2-10H,1H3,(H3,19,20,21,22). The van der Waals surface area contributed by atoms with E-state index in [0.717, 1.165) is 11.4 Å². The number of methoxy groups -OCH3 is 1. The van der Waals surface area contributed by atoms with Crippen molar-refractivity contribution in [2.45, 2.75) is 0 Å². The van der Waals surface area contributed by atoms with Crippen molar-refractivity contribution >= 4 is 17.3 Å². The highest BCUT2D eigenvalue weighted by Crippen LogP contribution is 2.23. The van der Waals surface area contributed by atoms with Gasteiger partial charge in [-0.3, -0.25) is 0 Å². The molecule has 0 aliphatic carbocycles. The van der Waals surface area contributed by atoms with Crippen molar-refractivity contribution in [3.8, 4) is 17.1 Å². The summed E-state index contributed by atoms with van der Waals surface area (Å²) in [5.74, 6) is 1.78. The first-order valence-corrected chi connectivity index (χ1v) is 6.95. The third-order valence-corrected chi connectivity index (χ3v) is 3.21. The lowest BCUT2D eigenvalue weighted by Crippen LogP contribution is -2.01. The molecule has 0 bridgehead atoms. The molecule has 5 nitrogen and oxygen atoms in total. The summed E-state index contributed by atoms with van der Waals surface area (Å²) in [4.78, 5) is 8.60.